The lowest BCUT2D eigenvalue weighted by Crippen LogP contribution is -2.36. The molecular formula is C24H42N8O4. The zero-order valence-corrected chi connectivity index (χ0v) is 22.3. The summed E-state index contributed by atoms with van der Waals surface area (Å²) in [5.74, 6) is -0.634. The molecule has 2 rings (SSSR count). The van der Waals surface area contributed by atoms with Crippen molar-refractivity contribution in [3.8, 4) is 0 Å². The number of carbonyl (C=O) groups is 2. The lowest BCUT2D eigenvalue weighted by atomic mass is 10.2. The monoisotopic (exact) mass is 506 g/mol. The second-order valence-electron chi connectivity index (χ2n) is 8.68. The number of hydrogen-bond acceptors (Lipinski definition) is 10. The first kappa shape index (κ1) is 29.4. The van der Waals surface area contributed by atoms with E-state index < -0.39 is 0 Å². The van der Waals surface area contributed by atoms with Crippen molar-refractivity contribution >= 4 is 11.9 Å². The van der Waals surface area contributed by atoms with E-state index in [1.54, 1.807) is 13.8 Å². The Balaban J connectivity index is 1.95. The van der Waals surface area contributed by atoms with E-state index in [1.807, 2.05) is 12.4 Å². The Morgan fingerprint density at radius 3 is 1.50 bits per heavy atom. The number of nitrogens with zero attached hydrogens (tertiary/aromatic N) is 8. The third-order valence-corrected chi connectivity index (χ3v) is 5.52. The molecule has 0 radical (unpaired) electrons. The molecule has 2 heterocycles. The highest BCUT2D eigenvalue weighted by Crippen LogP contribution is 2.08. The molecular weight excluding hydrogens is 464 g/mol. The van der Waals surface area contributed by atoms with Crippen molar-refractivity contribution in [3.05, 3.63) is 23.8 Å². The molecule has 0 aromatic carbocycles. The zero-order chi connectivity index (χ0) is 26.2. The molecule has 36 heavy (non-hydrogen) atoms. The molecule has 12 heteroatoms. The fraction of sp³-hybridized carbons (Fsp3) is 0.750. The lowest BCUT2D eigenvalue weighted by Gasteiger charge is -2.26. The van der Waals surface area contributed by atoms with Crippen LogP contribution >= 0.6 is 0 Å². The first-order valence-corrected chi connectivity index (χ1v) is 13.0. The summed E-state index contributed by atoms with van der Waals surface area (Å²) in [6, 6.07) is 0. The summed E-state index contributed by atoms with van der Waals surface area (Å²) >= 11 is 0. The van der Waals surface area contributed by atoms with E-state index >= 15 is 0 Å². The molecule has 0 N–H and O–H groups in total. The molecule has 0 amide bonds. The number of rotatable bonds is 19. The van der Waals surface area contributed by atoms with Crippen LogP contribution in [-0.4, -0.2) is 91.1 Å². The van der Waals surface area contributed by atoms with Crippen LogP contribution in [0.3, 0.4) is 0 Å². The predicted octanol–water partition coefficient (Wildman–Crippen LogP) is 1.90. The van der Waals surface area contributed by atoms with Gasteiger partial charge in [0.15, 0.2) is 0 Å². The Hall–Kier alpha value is -2.86. The minimum absolute atomic E-state index is 0.0669. The average molecular weight is 507 g/mol. The summed E-state index contributed by atoms with van der Waals surface area (Å²) in [7, 11) is 0. The van der Waals surface area contributed by atoms with Crippen molar-refractivity contribution < 1.29 is 19.1 Å². The van der Waals surface area contributed by atoms with Crippen LogP contribution in [0.4, 0.5) is 0 Å². The van der Waals surface area contributed by atoms with Crippen LogP contribution in [0.25, 0.3) is 0 Å². The standard InChI is InChI=1S/C24H42N8O4/c1-5-9-11-29(15-21-17-31(27-25-21)19-23(33)35-7-3)13-14-30(12-10-6-2)16-22-18-32(28-26-22)20-24(34)36-8-4/h17-18H,5-16,19-20H2,1-4H3. The van der Waals surface area contributed by atoms with Gasteiger partial charge >= 0.3 is 11.9 Å². The van der Waals surface area contributed by atoms with Crippen LogP contribution in [0.15, 0.2) is 12.4 Å². The van der Waals surface area contributed by atoms with Gasteiger partial charge in [-0.2, -0.15) is 0 Å². The third kappa shape index (κ3) is 11.3. The average Bonchev–Trinajstić information content (AvgIpc) is 3.48. The van der Waals surface area contributed by atoms with Gasteiger partial charge in [0.25, 0.3) is 0 Å². The molecule has 0 aliphatic rings. The minimum atomic E-state index is -0.317. The largest absolute Gasteiger partial charge is 0.465 e. The summed E-state index contributed by atoms with van der Waals surface area (Å²) in [4.78, 5) is 28.2. The molecule has 2 aromatic heterocycles. The number of carbonyl (C=O) groups excluding carboxylic acids is 2. The van der Waals surface area contributed by atoms with Crippen molar-refractivity contribution in [2.45, 2.75) is 79.6 Å². The number of ether oxygens (including phenoxy) is 2. The fourth-order valence-corrected chi connectivity index (χ4v) is 3.70. The van der Waals surface area contributed by atoms with E-state index in [-0.39, 0.29) is 25.0 Å². The minimum Gasteiger partial charge on any atom is -0.465 e. The first-order valence-electron chi connectivity index (χ1n) is 13.0. The first-order chi connectivity index (χ1) is 17.5. The predicted molar refractivity (Wildman–Crippen MR) is 134 cm³/mol. The smallest absolute Gasteiger partial charge is 0.327 e. The van der Waals surface area contributed by atoms with Gasteiger partial charge in [0.2, 0.25) is 0 Å². The van der Waals surface area contributed by atoms with Crippen molar-refractivity contribution in [3.63, 3.8) is 0 Å². The normalized spacial score (nSPS) is 11.4. The van der Waals surface area contributed by atoms with Gasteiger partial charge in [-0.3, -0.25) is 19.4 Å². The van der Waals surface area contributed by atoms with Gasteiger partial charge in [-0.05, 0) is 39.8 Å². The number of unbranched alkanes of at least 4 members (excludes halogenated alkanes) is 2. The third-order valence-electron chi connectivity index (χ3n) is 5.52. The molecule has 0 bridgehead atoms. The van der Waals surface area contributed by atoms with E-state index in [0.717, 1.165) is 63.3 Å². The molecule has 0 fully saturated rings. The maximum Gasteiger partial charge on any atom is 0.327 e. The van der Waals surface area contributed by atoms with Gasteiger partial charge in [-0.25, -0.2) is 9.36 Å². The zero-order valence-electron chi connectivity index (χ0n) is 22.3. The van der Waals surface area contributed by atoms with Gasteiger partial charge < -0.3 is 9.47 Å². The van der Waals surface area contributed by atoms with E-state index in [1.165, 1.54) is 9.36 Å². The number of aromatic nitrogens is 6. The van der Waals surface area contributed by atoms with E-state index in [2.05, 4.69) is 44.3 Å². The fourth-order valence-electron chi connectivity index (χ4n) is 3.70. The second kappa shape index (κ2) is 16.7. The quantitative estimate of drug-likeness (QED) is 0.261. The van der Waals surface area contributed by atoms with Crippen LogP contribution in [-0.2, 0) is 45.2 Å². The molecule has 12 nitrogen and oxygen atoms in total. The summed E-state index contributed by atoms with van der Waals surface area (Å²) in [6.45, 7) is 13.7. The molecule has 0 aliphatic heterocycles. The number of esters is 2. The van der Waals surface area contributed by atoms with Gasteiger partial charge in [-0.15, -0.1) is 10.2 Å². The van der Waals surface area contributed by atoms with Crippen molar-refractivity contribution in [1.29, 1.82) is 0 Å². The van der Waals surface area contributed by atoms with Crippen molar-refractivity contribution in [2.75, 3.05) is 39.4 Å². The maximum atomic E-state index is 11.7. The molecule has 0 saturated heterocycles. The topological polar surface area (TPSA) is 121 Å². The molecule has 0 saturated carbocycles. The Morgan fingerprint density at radius 1 is 0.722 bits per heavy atom. The molecule has 0 unspecified atom stereocenters. The Kier molecular flexibility index (Phi) is 13.7. The van der Waals surface area contributed by atoms with Gasteiger partial charge in [-0.1, -0.05) is 37.1 Å². The van der Waals surface area contributed by atoms with Gasteiger partial charge in [0, 0.05) is 26.2 Å². The summed E-state index contributed by atoms with van der Waals surface area (Å²) in [6.07, 6.45) is 8.02. The Bertz CT molecular complexity index is 828. The number of hydrogen-bond donors (Lipinski definition) is 0. The second-order valence-corrected chi connectivity index (χ2v) is 8.68. The Labute approximate surface area is 213 Å². The van der Waals surface area contributed by atoms with Crippen molar-refractivity contribution in [1.82, 2.24) is 39.8 Å². The highest BCUT2D eigenvalue weighted by Gasteiger charge is 2.15. The maximum absolute atomic E-state index is 11.7. The van der Waals surface area contributed by atoms with Crippen molar-refractivity contribution in [2.24, 2.45) is 0 Å². The molecule has 202 valence electrons. The molecule has 0 spiro atoms. The van der Waals surface area contributed by atoms with E-state index in [0.29, 0.717) is 26.3 Å². The van der Waals surface area contributed by atoms with Crippen LogP contribution in [0.2, 0.25) is 0 Å². The molecule has 0 atom stereocenters. The van der Waals surface area contributed by atoms with E-state index in [4.69, 9.17) is 9.47 Å². The summed E-state index contributed by atoms with van der Waals surface area (Å²) < 4.78 is 13.0. The van der Waals surface area contributed by atoms with Gasteiger partial charge in [0.1, 0.15) is 13.1 Å². The molecule has 0 aliphatic carbocycles. The Morgan fingerprint density at radius 2 is 1.14 bits per heavy atom. The molecule has 2 aromatic rings. The highest BCUT2D eigenvalue weighted by molar-refractivity contribution is 5.69. The van der Waals surface area contributed by atoms with E-state index in [9.17, 15) is 9.59 Å². The SMILES string of the molecule is CCCCN(CCN(CCCC)Cc1cn(CC(=O)OCC)nn1)Cc1cn(CC(=O)OCC)nn1. The van der Waals surface area contributed by atoms with Crippen LogP contribution in [0, 0.1) is 0 Å². The van der Waals surface area contributed by atoms with Crippen LogP contribution in [0.1, 0.15) is 64.8 Å². The lowest BCUT2D eigenvalue weighted by molar-refractivity contribution is -0.145. The highest BCUT2D eigenvalue weighted by atomic mass is 16.5. The van der Waals surface area contributed by atoms with Crippen LogP contribution in [0.5, 0.6) is 0 Å². The van der Waals surface area contributed by atoms with Crippen LogP contribution < -0.4 is 0 Å². The summed E-state index contributed by atoms with van der Waals surface area (Å²) in [5, 5.41) is 16.7. The van der Waals surface area contributed by atoms with Gasteiger partial charge in [0.05, 0.1) is 37.0 Å². The summed E-state index contributed by atoms with van der Waals surface area (Å²) in [5.41, 5.74) is 1.66.